The van der Waals surface area contributed by atoms with E-state index in [-0.39, 0.29) is 0 Å². The third-order valence-corrected chi connectivity index (χ3v) is 12.4. The molecule has 2 aliphatic rings. The van der Waals surface area contributed by atoms with Crippen LogP contribution < -0.4 is 4.74 Å². The maximum absolute atomic E-state index is 7.14. The number of rotatable bonds is 4. The Labute approximate surface area is 347 Å². The highest BCUT2D eigenvalue weighted by Gasteiger charge is 2.51. The van der Waals surface area contributed by atoms with Crippen molar-refractivity contribution < 1.29 is 4.74 Å². The summed E-state index contributed by atoms with van der Waals surface area (Å²) >= 11 is 0. The number of hydrogen-bond donors (Lipinski definition) is 0. The molecule has 5 heteroatoms. The van der Waals surface area contributed by atoms with Crippen molar-refractivity contribution in [1.82, 2.24) is 19.9 Å². The molecular formula is C55H36N4O. The monoisotopic (exact) mass is 768 g/mol. The number of nitrogens with zero attached hydrogens (tertiary/aromatic N) is 4. The third kappa shape index (κ3) is 5.05. The van der Waals surface area contributed by atoms with Crippen molar-refractivity contribution >= 4 is 21.5 Å². The summed E-state index contributed by atoms with van der Waals surface area (Å²) in [6.45, 7) is 4.08. The van der Waals surface area contributed by atoms with Gasteiger partial charge < -0.3 is 4.74 Å². The summed E-state index contributed by atoms with van der Waals surface area (Å²) in [6.07, 6.45) is 0. The van der Waals surface area contributed by atoms with Gasteiger partial charge in [-0.15, -0.1) is 0 Å². The molecule has 0 N–H and O–H groups in total. The minimum Gasteiger partial charge on any atom is -0.455 e. The normalized spacial score (nSPS) is 13.1. The van der Waals surface area contributed by atoms with Gasteiger partial charge in [-0.3, -0.25) is 4.98 Å². The zero-order chi connectivity index (χ0) is 40.0. The molecule has 0 radical (unpaired) electrons. The maximum Gasteiger partial charge on any atom is 0.164 e. The van der Waals surface area contributed by atoms with Crippen molar-refractivity contribution in [3.05, 3.63) is 216 Å². The number of hydrogen-bond acceptors (Lipinski definition) is 5. The summed E-state index contributed by atoms with van der Waals surface area (Å²) in [7, 11) is 0. The second kappa shape index (κ2) is 13.1. The topological polar surface area (TPSA) is 60.8 Å². The summed E-state index contributed by atoms with van der Waals surface area (Å²) in [6, 6.07) is 64.5. The number of fused-ring (bicyclic) bond motifs is 13. The van der Waals surface area contributed by atoms with Crippen LogP contribution in [0.3, 0.4) is 0 Å². The van der Waals surface area contributed by atoms with Crippen LogP contribution in [0, 0.1) is 13.8 Å². The molecule has 1 aliphatic heterocycles. The molecule has 10 aromatic rings. The molecule has 0 saturated heterocycles. The van der Waals surface area contributed by atoms with E-state index >= 15 is 0 Å². The quantitative estimate of drug-likeness (QED) is 0.178. The van der Waals surface area contributed by atoms with Gasteiger partial charge in [-0.1, -0.05) is 170 Å². The highest BCUT2D eigenvalue weighted by Crippen LogP contribution is 2.64. The largest absolute Gasteiger partial charge is 0.455 e. The Balaban J connectivity index is 1.07. The van der Waals surface area contributed by atoms with Gasteiger partial charge >= 0.3 is 0 Å². The van der Waals surface area contributed by atoms with Crippen molar-refractivity contribution in [2.24, 2.45) is 0 Å². The van der Waals surface area contributed by atoms with E-state index in [4.69, 9.17) is 24.7 Å². The van der Waals surface area contributed by atoms with Gasteiger partial charge in [-0.05, 0) is 64.6 Å². The maximum atomic E-state index is 7.14. The molecule has 8 aromatic carbocycles. The first-order valence-corrected chi connectivity index (χ1v) is 20.4. The molecule has 1 spiro atoms. The second-order valence-electron chi connectivity index (χ2n) is 15.8. The zero-order valence-corrected chi connectivity index (χ0v) is 33.0. The van der Waals surface area contributed by atoms with Crippen LogP contribution in [0.4, 0.5) is 0 Å². The molecule has 5 nitrogen and oxygen atoms in total. The Morgan fingerprint density at radius 1 is 0.367 bits per heavy atom. The molecule has 0 unspecified atom stereocenters. The summed E-state index contributed by atoms with van der Waals surface area (Å²) in [5.74, 6) is 3.66. The van der Waals surface area contributed by atoms with E-state index in [9.17, 15) is 0 Å². The molecule has 0 fully saturated rings. The van der Waals surface area contributed by atoms with E-state index in [0.717, 1.165) is 88.9 Å². The van der Waals surface area contributed by atoms with Gasteiger partial charge in [0.05, 0.1) is 5.41 Å². The number of pyridine rings is 1. The van der Waals surface area contributed by atoms with Gasteiger partial charge in [0.25, 0.3) is 0 Å². The average molecular weight is 769 g/mol. The fraction of sp³-hybridized carbons (Fsp3) is 0.0545. The van der Waals surface area contributed by atoms with E-state index in [1.165, 1.54) is 16.7 Å². The predicted molar refractivity (Wildman–Crippen MR) is 241 cm³/mol. The third-order valence-electron chi connectivity index (χ3n) is 12.4. The van der Waals surface area contributed by atoms with Gasteiger partial charge in [0.2, 0.25) is 0 Å². The lowest BCUT2D eigenvalue weighted by atomic mass is 9.65. The van der Waals surface area contributed by atoms with E-state index < -0.39 is 5.41 Å². The Hall–Kier alpha value is -7.76. The molecule has 0 bridgehead atoms. The first kappa shape index (κ1) is 34.3. The van der Waals surface area contributed by atoms with E-state index in [1.54, 1.807) is 0 Å². The van der Waals surface area contributed by atoms with Gasteiger partial charge in [-0.25, -0.2) is 15.0 Å². The fourth-order valence-electron chi connectivity index (χ4n) is 9.69. The summed E-state index contributed by atoms with van der Waals surface area (Å²) < 4.78 is 7.14. The Bertz CT molecular complexity index is 3290. The highest BCUT2D eigenvalue weighted by molar-refractivity contribution is 6.00. The number of benzene rings is 8. The van der Waals surface area contributed by atoms with Crippen LogP contribution in [0.2, 0.25) is 0 Å². The zero-order valence-electron chi connectivity index (χ0n) is 33.0. The minimum absolute atomic E-state index is 0.618. The standard InChI is InChI=1S/C55H36N4O/c1-33-20-28-41(34(2)56-33)37-21-23-39(24-22-37)53-57-52(38-14-4-3-5-15-38)58-54(59-53)40-27-29-47-45(32-40)44-18-10-11-19-46(44)55(47)48-30-25-35-12-6-8-16-42(35)50(48)60-51-43-17-9-7-13-36(43)26-31-49(51)55/h3-32H,1-2H3. The second-order valence-corrected chi connectivity index (χ2v) is 15.8. The molecule has 282 valence electrons. The van der Waals surface area contributed by atoms with Gasteiger partial charge in [0.15, 0.2) is 17.5 Å². The van der Waals surface area contributed by atoms with Crippen LogP contribution >= 0.6 is 0 Å². The first-order valence-electron chi connectivity index (χ1n) is 20.4. The number of aryl methyl sites for hydroxylation is 2. The molecular weight excluding hydrogens is 733 g/mol. The van der Waals surface area contributed by atoms with E-state index in [1.807, 2.05) is 25.1 Å². The summed E-state index contributed by atoms with van der Waals surface area (Å²) in [5, 5.41) is 4.49. The Kier molecular flexibility index (Phi) is 7.51. The number of ether oxygens (including phenoxy) is 1. The first-order chi connectivity index (χ1) is 29.5. The molecule has 2 aromatic heterocycles. The lowest BCUT2D eigenvalue weighted by Gasteiger charge is -2.40. The van der Waals surface area contributed by atoms with E-state index in [2.05, 4.69) is 171 Å². The van der Waals surface area contributed by atoms with Crippen LogP contribution in [0.1, 0.15) is 33.6 Å². The van der Waals surface area contributed by atoms with Crippen LogP contribution in [0.15, 0.2) is 182 Å². The molecule has 12 rings (SSSR count). The smallest absolute Gasteiger partial charge is 0.164 e. The van der Waals surface area contributed by atoms with Gasteiger partial charge in [0.1, 0.15) is 11.5 Å². The van der Waals surface area contributed by atoms with Crippen molar-refractivity contribution in [3.8, 4) is 67.9 Å². The van der Waals surface area contributed by atoms with E-state index in [0.29, 0.717) is 17.5 Å². The predicted octanol–water partition coefficient (Wildman–Crippen LogP) is 13.3. The number of aromatic nitrogens is 4. The molecule has 3 heterocycles. The van der Waals surface area contributed by atoms with Crippen LogP contribution in [0.25, 0.3) is 78.0 Å². The van der Waals surface area contributed by atoms with Crippen molar-refractivity contribution in [1.29, 1.82) is 0 Å². The Morgan fingerprint density at radius 2 is 0.883 bits per heavy atom. The lowest BCUT2D eigenvalue weighted by Crippen LogP contribution is -2.32. The van der Waals surface area contributed by atoms with Crippen molar-refractivity contribution in [2.75, 3.05) is 0 Å². The fourth-order valence-corrected chi connectivity index (χ4v) is 9.69. The molecule has 0 amide bonds. The van der Waals surface area contributed by atoms with Crippen LogP contribution in [0.5, 0.6) is 11.5 Å². The molecule has 0 atom stereocenters. The minimum atomic E-state index is -0.631. The summed E-state index contributed by atoms with van der Waals surface area (Å²) in [5.41, 5.74) is 13.4. The van der Waals surface area contributed by atoms with Crippen LogP contribution in [-0.4, -0.2) is 19.9 Å². The summed E-state index contributed by atoms with van der Waals surface area (Å²) in [4.78, 5) is 20.1. The highest BCUT2D eigenvalue weighted by atomic mass is 16.5. The lowest BCUT2D eigenvalue weighted by molar-refractivity contribution is 0.447. The molecule has 1 aliphatic carbocycles. The SMILES string of the molecule is Cc1ccc(-c2ccc(-c3nc(-c4ccccc4)nc(-c4ccc5c(c4)-c4ccccc4C54c5ccc6ccccc6c5Oc5c4ccc4ccccc54)n3)cc2)c(C)n1. The molecule has 0 saturated carbocycles. The average Bonchev–Trinajstić information content (AvgIpc) is 3.59. The molecule has 60 heavy (non-hydrogen) atoms. The van der Waals surface area contributed by atoms with Gasteiger partial charge in [-0.2, -0.15) is 0 Å². The van der Waals surface area contributed by atoms with Crippen LogP contribution in [-0.2, 0) is 5.41 Å². The van der Waals surface area contributed by atoms with Crippen molar-refractivity contribution in [2.45, 2.75) is 19.3 Å². The van der Waals surface area contributed by atoms with Crippen molar-refractivity contribution in [3.63, 3.8) is 0 Å². The van der Waals surface area contributed by atoms with Gasteiger partial charge in [0, 0.05) is 55.5 Å². The Morgan fingerprint density at radius 3 is 1.55 bits per heavy atom.